The first-order valence-corrected chi connectivity index (χ1v) is 5.95. The maximum absolute atomic E-state index is 11.6. The van der Waals surface area contributed by atoms with Gasteiger partial charge >= 0.3 is 0 Å². The van der Waals surface area contributed by atoms with Crippen molar-refractivity contribution in [3.63, 3.8) is 0 Å². The molecule has 0 aromatic carbocycles. The molecular formula is C12H20N2O2. The summed E-state index contributed by atoms with van der Waals surface area (Å²) < 4.78 is 5.32. The summed E-state index contributed by atoms with van der Waals surface area (Å²) in [5, 5.41) is 0. The number of nitrogens with zero attached hydrogens (tertiary/aromatic N) is 2. The van der Waals surface area contributed by atoms with Gasteiger partial charge in [-0.15, -0.1) is 0 Å². The molecule has 2 unspecified atom stereocenters. The van der Waals surface area contributed by atoms with E-state index in [0.29, 0.717) is 12.0 Å². The standard InChI is InChI=1S/C12H20N2O2/c1-3-12(15)14-8-10(2)11(14)9-13-4-6-16-7-5-13/h3,10-11H,1,4-9H2,2H3. The zero-order valence-corrected chi connectivity index (χ0v) is 9.89. The molecular weight excluding hydrogens is 204 g/mol. The molecule has 2 atom stereocenters. The minimum atomic E-state index is 0.0661. The lowest BCUT2D eigenvalue weighted by Crippen LogP contribution is -2.62. The van der Waals surface area contributed by atoms with Crippen LogP contribution in [0.3, 0.4) is 0 Å². The first-order chi connectivity index (χ1) is 7.72. The molecule has 90 valence electrons. The van der Waals surface area contributed by atoms with Gasteiger partial charge in [0.1, 0.15) is 0 Å². The van der Waals surface area contributed by atoms with Crippen LogP contribution in [0.5, 0.6) is 0 Å². The van der Waals surface area contributed by atoms with Crippen LogP contribution in [-0.4, -0.2) is 61.1 Å². The largest absolute Gasteiger partial charge is 0.379 e. The number of carbonyl (C=O) groups excluding carboxylic acids is 1. The fraction of sp³-hybridized carbons (Fsp3) is 0.750. The third kappa shape index (κ3) is 2.28. The van der Waals surface area contributed by atoms with Crippen LogP contribution in [0.4, 0.5) is 0 Å². The van der Waals surface area contributed by atoms with E-state index in [0.717, 1.165) is 39.4 Å². The summed E-state index contributed by atoms with van der Waals surface area (Å²) in [5.74, 6) is 0.670. The van der Waals surface area contributed by atoms with Crippen LogP contribution in [0.25, 0.3) is 0 Å². The molecule has 4 nitrogen and oxygen atoms in total. The summed E-state index contributed by atoms with van der Waals surface area (Å²) >= 11 is 0. The van der Waals surface area contributed by atoms with Crippen LogP contribution in [0.15, 0.2) is 12.7 Å². The van der Waals surface area contributed by atoms with E-state index in [-0.39, 0.29) is 5.91 Å². The smallest absolute Gasteiger partial charge is 0.246 e. The van der Waals surface area contributed by atoms with Gasteiger partial charge in [-0.2, -0.15) is 0 Å². The van der Waals surface area contributed by atoms with E-state index in [4.69, 9.17) is 4.74 Å². The summed E-state index contributed by atoms with van der Waals surface area (Å²) in [5.41, 5.74) is 0. The van der Waals surface area contributed by atoms with Gasteiger partial charge in [-0.05, 0) is 12.0 Å². The van der Waals surface area contributed by atoms with Gasteiger partial charge in [0.2, 0.25) is 5.91 Å². The van der Waals surface area contributed by atoms with Crippen LogP contribution >= 0.6 is 0 Å². The molecule has 0 spiro atoms. The average molecular weight is 224 g/mol. The van der Waals surface area contributed by atoms with Crippen LogP contribution in [0.1, 0.15) is 6.92 Å². The van der Waals surface area contributed by atoms with Gasteiger partial charge in [-0.1, -0.05) is 13.5 Å². The van der Waals surface area contributed by atoms with Crippen molar-refractivity contribution in [1.82, 2.24) is 9.80 Å². The summed E-state index contributed by atoms with van der Waals surface area (Å²) in [7, 11) is 0. The Balaban J connectivity index is 1.86. The quantitative estimate of drug-likeness (QED) is 0.649. The molecule has 2 aliphatic rings. The van der Waals surface area contributed by atoms with Crippen LogP contribution in [-0.2, 0) is 9.53 Å². The van der Waals surface area contributed by atoms with Crippen LogP contribution in [0.2, 0.25) is 0 Å². The molecule has 0 bridgehead atoms. The number of ether oxygens (including phenoxy) is 1. The van der Waals surface area contributed by atoms with Crippen LogP contribution in [0, 0.1) is 5.92 Å². The number of morpholine rings is 1. The van der Waals surface area contributed by atoms with Crippen LogP contribution < -0.4 is 0 Å². The minimum Gasteiger partial charge on any atom is -0.379 e. The van der Waals surface area contributed by atoms with Gasteiger partial charge in [-0.3, -0.25) is 9.69 Å². The highest BCUT2D eigenvalue weighted by molar-refractivity contribution is 5.88. The Morgan fingerprint density at radius 3 is 2.75 bits per heavy atom. The molecule has 4 heteroatoms. The normalized spacial score (nSPS) is 30.9. The van der Waals surface area contributed by atoms with Crippen molar-refractivity contribution in [2.75, 3.05) is 39.4 Å². The zero-order valence-electron chi connectivity index (χ0n) is 9.89. The maximum atomic E-state index is 11.6. The van der Waals surface area contributed by atoms with Crippen molar-refractivity contribution in [1.29, 1.82) is 0 Å². The van der Waals surface area contributed by atoms with Gasteiger partial charge in [0, 0.05) is 32.2 Å². The molecule has 16 heavy (non-hydrogen) atoms. The van der Waals surface area contributed by atoms with Gasteiger partial charge in [0.15, 0.2) is 0 Å². The van der Waals surface area contributed by atoms with E-state index in [2.05, 4.69) is 18.4 Å². The third-order valence-electron chi connectivity index (χ3n) is 3.55. The van der Waals surface area contributed by atoms with Crippen molar-refractivity contribution < 1.29 is 9.53 Å². The van der Waals surface area contributed by atoms with E-state index in [1.165, 1.54) is 6.08 Å². The van der Waals surface area contributed by atoms with E-state index < -0.39 is 0 Å². The number of likely N-dealkylation sites (tertiary alicyclic amines) is 1. The monoisotopic (exact) mass is 224 g/mol. The third-order valence-corrected chi connectivity index (χ3v) is 3.55. The van der Waals surface area contributed by atoms with Crippen molar-refractivity contribution in [3.05, 3.63) is 12.7 Å². The molecule has 0 aromatic rings. The number of carbonyl (C=O) groups is 1. The molecule has 1 amide bonds. The fourth-order valence-corrected chi connectivity index (χ4v) is 2.43. The molecule has 0 radical (unpaired) electrons. The molecule has 0 N–H and O–H groups in total. The van der Waals surface area contributed by atoms with Crippen molar-refractivity contribution in [2.24, 2.45) is 5.92 Å². The average Bonchev–Trinajstić information content (AvgIpc) is 2.33. The molecule has 2 aliphatic heterocycles. The second kappa shape index (κ2) is 4.97. The van der Waals surface area contributed by atoms with Gasteiger partial charge < -0.3 is 9.64 Å². The predicted octanol–water partition coefficient (Wildman–Crippen LogP) is 0.352. The number of rotatable bonds is 3. The van der Waals surface area contributed by atoms with Gasteiger partial charge in [0.05, 0.1) is 13.2 Å². The summed E-state index contributed by atoms with van der Waals surface area (Å²) in [6.45, 7) is 11.2. The minimum absolute atomic E-state index is 0.0661. The summed E-state index contributed by atoms with van der Waals surface area (Å²) in [6.07, 6.45) is 1.41. The predicted molar refractivity (Wildman–Crippen MR) is 62.1 cm³/mol. The van der Waals surface area contributed by atoms with E-state index in [1.807, 2.05) is 4.90 Å². The Morgan fingerprint density at radius 2 is 2.19 bits per heavy atom. The van der Waals surface area contributed by atoms with Gasteiger partial charge in [-0.25, -0.2) is 0 Å². The summed E-state index contributed by atoms with van der Waals surface area (Å²) in [6, 6.07) is 0.364. The lowest BCUT2D eigenvalue weighted by Gasteiger charge is -2.48. The highest BCUT2D eigenvalue weighted by Crippen LogP contribution is 2.25. The van der Waals surface area contributed by atoms with E-state index >= 15 is 0 Å². The van der Waals surface area contributed by atoms with Gasteiger partial charge in [0.25, 0.3) is 0 Å². The SMILES string of the molecule is C=CC(=O)N1CC(C)C1CN1CCOCC1. The Bertz CT molecular complexity index is 274. The highest BCUT2D eigenvalue weighted by Gasteiger charge is 2.38. The zero-order chi connectivity index (χ0) is 11.5. The number of amides is 1. The molecule has 0 aromatic heterocycles. The Kier molecular flexibility index (Phi) is 3.61. The Labute approximate surface area is 96.8 Å². The van der Waals surface area contributed by atoms with Crippen molar-refractivity contribution >= 4 is 5.91 Å². The first kappa shape index (κ1) is 11.6. The lowest BCUT2D eigenvalue weighted by molar-refractivity contribution is -0.139. The molecule has 0 saturated carbocycles. The molecule has 2 fully saturated rings. The van der Waals surface area contributed by atoms with Crippen molar-refractivity contribution in [2.45, 2.75) is 13.0 Å². The van der Waals surface area contributed by atoms with Crippen molar-refractivity contribution in [3.8, 4) is 0 Å². The number of hydrogen-bond acceptors (Lipinski definition) is 3. The first-order valence-electron chi connectivity index (χ1n) is 5.95. The topological polar surface area (TPSA) is 32.8 Å². The summed E-state index contributed by atoms with van der Waals surface area (Å²) in [4.78, 5) is 15.9. The highest BCUT2D eigenvalue weighted by atomic mass is 16.5. The molecule has 2 heterocycles. The molecule has 0 aliphatic carbocycles. The second-order valence-electron chi connectivity index (χ2n) is 4.65. The fourth-order valence-electron chi connectivity index (χ4n) is 2.43. The number of hydrogen-bond donors (Lipinski definition) is 0. The van der Waals surface area contributed by atoms with E-state index in [1.54, 1.807) is 0 Å². The molecule has 2 rings (SSSR count). The Morgan fingerprint density at radius 1 is 1.50 bits per heavy atom. The maximum Gasteiger partial charge on any atom is 0.246 e. The Hall–Kier alpha value is -0.870. The molecule has 2 saturated heterocycles. The second-order valence-corrected chi connectivity index (χ2v) is 4.65. The lowest BCUT2D eigenvalue weighted by atomic mass is 9.89. The van der Waals surface area contributed by atoms with E-state index in [9.17, 15) is 4.79 Å².